The highest BCUT2D eigenvalue weighted by molar-refractivity contribution is 5.97. The Bertz CT molecular complexity index is 850. The summed E-state index contributed by atoms with van der Waals surface area (Å²) in [6.45, 7) is 4.60. The quantitative estimate of drug-likeness (QED) is 0.891. The van der Waals surface area contributed by atoms with Crippen LogP contribution in [0, 0.1) is 12.7 Å². The van der Waals surface area contributed by atoms with Crippen molar-refractivity contribution in [1.82, 2.24) is 15.1 Å². The first-order chi connectivity index (χ1) is 11.7. The second-order valence-electron chi connectivity index (χ2n) is 6.83. The van der Waals surface area contributed by atoms with Gasteiger partial charge >= 0.3 is 5.97 Å². The van der Waals surface area contributed by atoms with Gasteiger partial charge in [0.25, 0.3) is 5.91 Å². The third kappa shape index (κ3) is 2.90. The van der Waals surface area contributed by atoms with Gasteiger partial charge in [0.1, 0.15) is 17.0 Å². The number of nitrogens with zero attached hydrogens (tertiary/aromatic N) is 2. The molecule has 1 aliphatic rings. The van der Waals surface area contributed by atoms with E-state index in [0.29, 0.717) is 18.5 Å². The molecule has 0 atom stereocenters. The molecule has 0 aliphatic heterocycles. The number of rotatable bonds is 4. The number of aryl methyl sites for hydroxylation is 1. The lowest BCUT2D eigenvalue weighted by Gasteiger charge is -2.20. The molecule has 0 fully saturated rings. The molecule has 7 heteroatoms. The minimum Gasteiger partial charge on any atom is -0.480 e. The first-order valence-electron chi connectivity index (χ1n) is 8.14. The van der Waals surface area contributed by atoms with Crippen molar-refractivity contribution in [2.75, 3.05) is 0 Å². The number of aromatic nitrogens is 2. The van der Waals surface area contributed by atoms with Gasteiger partial charge in [-0.3, -0.25) is 4.79 Å². The molecule has 1 aromatic carbocycles. The van der Waals surface area contributed by atoms with Crippen molar-refractivity contribution in [3.05, 3.63) is 46.5 Å². The molecular formula is C18H20FN3O3. The van der Waals surface area contributed by atoms with Crippen LogP contribution in [-0.2, 0) is 17.6 Å². The average Bonchev–Trinajstić information content (AvgIpc) is 3.09. The predicted octanol–water partition coefficient (Wildman–Crippen LogP) is 2.40. The smallest absolute Gasteiger partial charge is 0.328 e. The van der Waals surface area contributed by atoms with Gasteiger partial charge < -0.3 is 10.4 Å². The van der Waals surface area contributed by atoms with Crippen LogP contribution in [0.2, 0.25) is 0 Å². The number of hydrogen-bond donors (Lipinski definition) is 2. The largest absolute Gasteiger partial charge is 0.480 e. The van der Waals surface area contributed by atoms with Gasteiger partial charge in [0, 0.05) is 11.3 Å². The van der Waals surface area contributed by atoms with E-state index in [2.05, 4.69) is 10.4 Å². The summed E-state index contributed by atoms with van der Waals surface area (Å²) in [4.78, 5) is 23.8. The van der Waals surface area contributed by atoms with Crippen LogP contribution in [0.5, 0.6) is 0 Å². The van der Waals surface area contributed by atoms with Gasteiger partial charge in [0.05, 0.1) is 0 Å². The zero-order valence-corrected chi connectivity index (χ0v) is 14.4. The van der Waals surface area contributed by atoms with Gasteiger partial charge in [0.15, 0.2) is 5.69 Å². The van der Waals surface area contributed by atoms with E-state index >= 15 is 0 Å². The number of halogens is 1. The molecule has 25 heavy (non-hydrogen) atoms. The summed E-state index contributed by atoms with van der Waals surface area (Å²) in [7, 11) is 0. The van der Waals surface area contributed by atoms with E-state index in [0.717, 1.165) is 23.2 Å². The maximum Gasteiger partial charge on any atom is 0.328 e. The summed E-state index contributed by atoms with van der Waals surface area (Å²) in [5.41, 5.74) is 1.38. The lowest BCUT2D eigenvalue weighted by molar-refractivity contribution is -0.143. The Labute approximate surface area is 144 Å². The molecule has 2 aromatic rings. The Morgan fingerprint density at radius 1 is 1.32 bits per heavy atom. The van der Waals surface area contributed by atoms with Crippen molar-refractivity contribution < 1.29 is 19.1 Å². The van der Waals surface area contributed by atoms with E-state index in [9.17, 15) is 19.1 Å². The highest BCUT2D eigenvalue weighted by atomic mass is 19.1. The highest BCUT2D eigenvalue weighted by Crippen LogP contribution is 2.30. The van der Waals surface area contributed by atoms with Gasteiger partial charge in [-0.05, 0) is 51.7 Å². The van der Waals surface area contributed by atoms with E-state index in [1.165, 1.54) is 24.6 Å². The van der Waals surface area contributed by atoms with Crippen molar-refractivity contribution in [1.29, 1.82) is 0 Å². The van der Waals surface area contributed by atoms with E-state index < -0.39 is 23.2 Å². The van der Waals surface area contributed by atoms with E-state index in [1.54, 1.807) is 19.1 Å². The molecule has 0 saturated carbocycles. The van der Waals surface area contributed by atoms with Gasteiger partial charge in [-0.1, -0.05) is 12.1 Å². The van der Waals surface area contributed by atoms with Crippen LogP contribution in [0.3, 0.4) is 0 Å². The molecule has 3 rings (SSSR count). The summed E-state index contributed by atoms with van der Waals surface area (Å²) in [6, 6.07) is 4.77. The molecule has 0 bridgehead atoms. The van der Waals surface area contributed by atoms with Crippen LogP contribution in [-0.4, -0.2) is 32.3 Å². The topological polar surface area (TPSA) is 84.2 Å². The molecule has 0 saturated heterocycles. The summed E-state index contributed by atoms with van der Waals surface area (Å²) >= 11 is 0. The molecule has 1 aliphatic carbocycles. The molecule has 0 radical (unpaired) electrons. The molecule has 1 amide bonds. The Morgan fingerprint density at radius 3 is 2.68 bits per heavy atom. The maximum atomic E-state index is 14.4. The predicted molar refractivity (Wildman–Crippen MR) is 89.5 cm³/mol. The van der Waals surface area contributed by atoms with Crippen molar-refractivity contribution in [2.45, 2.75) is 45.6 Å². The number of para-hydroxylation sites is 1. The number of carboxylic acid groups (broad SMARTS) is 1. The normalized spacial score (nSPS) is 13.6. The summed E-state index contributed by atoms with van der Waals surface area (Å²) in [5.74, 6) is -2.10. The molecule has 132 valence electrons. The van der Waals surface area contributed by atoms with Crippen molar-refractivity contribution in [2.24, 2.45) is 0 Å². The zero-order chi connectivity index (χ0) is 18.4. The second kappa shape index (κ2) is 5.98. The van der Waals surface area contributed by atoms with E-state index in [-0.39, 0.29) is 5.69 Å². The van der Waals surface area contributed by atoms with Crippen LogP contribution in [0.15, 0.2) is 18.2 Å². The molecule has 0 spiro atoms. The summed E-state index contributed by atoms with van der Waals surface area (Å²) in [6.07, 6.45) is 2.22. The van der Waals surface area contributed by atoms with E-state index in [1.807, 2.05) is 0 Å². The number of benzene rings is 1. The first kappa shape index (κ1) is 17.1. The van der Waals surface area contributed by atoms with Gasteiger partial charge in [-0.15, -0.1) is 0 Å². The van der Waals surface area contributed by atoms with Crippen molar-refractivity contribution in [3.8, 4) is 5.69 Å². The fraction of sp³-hybridized carbons (Fsp3) is 0.389. The second-order valence-corrected chi connectivity index (χ2v) is 6.83. The van der Waals surface area contributed by atoms with Crippen LogP contribution in [0.1, 0.15) is 47.6 Å². The summed E-state index contributed by atoms with van der Waals surface area (Å²) in [5, 5.41) is 16.0. The van der Waals surface area contributed by atoms with Gasteiger partial charge in [-0.2, -0.15) is 5.10 Å². The number of nitrogens with one attached hydrogen (secondary N) is 1. The van der Waals surface area contributed by atoms with Crippen molar-refractivity contribution in [3.63, 3.8) is 0 Å². The lowest BCUT2D eigenvalue weighted by atomic mass is 10.1. The van der Waals surface area contributed by atoms with Crippen LogP contribution in [0.4, 0.5) is 4.39 Å². The van der Waals surface area contributed by atoms with Crippen LogP contribution >= 0.6 is 0 Å². The number of amides is 1. The van der Waals surface area contributed by atoms with E-state index in [4.69, 9.17) is 0 Å². The van der Waals surface area contributed by atoms with Crippen LogP contribution in [0.25, 0.3) is 5.69 Å². The Morgan fingerprint density at radius 2 is 2.04 bits per heavy atom. The minimum absolute atomic E-state index is 0.171. The number of carboxylic acids is 1. The Balaban J connectivity index is 2.07. The third-order valence-electron chi connectivity index (χ3n) is 4.51. The Kier molecular flexibility index (Phi) is 4.10. The van der Waals surface area contributed by atoms with Gasteiger partial charge in [-0.25, -0.2) is 13.9 Å². The molecule has 1 aromatic heterocycles. The highest BCUT2D eigenvalue weighted by Gasteiger charge is 2.34. The lowest BCUT2D eigenvalue weighted by Crippen LogP contribution is -2.49. The fourth-order valence-electron chi connectivity index (χ4n) is 3.09. The fourth-order valence-corrected chi connectivity index (χ4v) is 3.09. The molecule has 6 nitrogen and oxygen atoms in total. The monoisotopic (exact) mass is 345 g/mol. The zero-order valence-electron chi connectivity index (χ0n) is 14.4. The SMILES string of the molecule is Cc1cccc(F)c1-n1nc(C(=O)NC(C)(C)C(=O)O)c2c1CCC2. The number of carbonyl (C=O) groups is 2. The number of carbonyl (C=O) groups excluding carboxylic acids is 1. The average molecular weight is 345 g/mol. The van der Waals surface area contributed by atoms with Gasteiger partial charge in [0.2, 0.25) is 0 Å². The minimum atomic E-state index is -1.42. The summed E-state index contributed by atoms with van der Waals surface area (Å²) < 4.78 is 15.8. The maximum absolute atomic E-state index is 14.4. The van der Waals surface area contributed by atoms with Crippen molar-refractivity contribution >= 4 is 11.9 Å². The molecular weight excluding hydrogens is 325 g/mol. The number of hydrogen-bond acceptors (Lipinski definition) is 3. The number of aliphatic carboxylic acids is 1. The number of fused-ring (bicyclic) bond motifs is 1. The third-order valence-corrected chi connectivity index (χ3v) is 4.51. The Hall–Kier alpha value is -2.70. The molecule has 0 unspecified atom stereocenters. The molecule has 2 N–H and O–H groups in total. The first-order valence-corrected chi connectivity index (χ1v) is 8.14. The van der Waals surface area contributed by atoms with Crippen LogP contribution < -0.4 is 5.32 Å². The standard InChI is InChI=1S/C18H20FN3O3/c1-10-6-4-8-12(19)15(10)22-13-9-5-7-11(13)14(21-22)16(23)20-18(2,3)17(24)25/h4,6,8H,5,7,9H2,1-3H3,(H,20,23)(H,24,25). The molecule has 1 heterocycles.